The molecular formula is C21H26N4O3S2. The van der Waals surface area contributed by atoms with Crippen molar-refractivity contribution in [2.45, 2.75) is 27.2 Å². The minimum atomic E-state index is -0.223. The van der Waals surface area contributed by atoms with Gasteiger partial charge in [-0.15, -0.1) is 0 Å². The van der Waals surface area contributed by atoms with Crippen LogP contribution in [0.5, 0.6) is 0 Å². The van der Waals surface area contributed by atoms with Crippen molar-refractivity contribution in [2.24, 2.45) is 5.92 Å². The third kappa shape index (κ3) is 4.74. The lowest BCUT2D eigenvalue weighted by Gasteiger charge is -2.14. The maximum absolute atomic E-state index is 13.3. The third-order valence-electron chi connectivity index (χ3n) is 4.64. The van der Waals surface area contributed by atoms with E-state index in [0.717, 1.165) is 5.56 Å². The molecule has 0 atom stereocenters. The fraction of sp³-hybridized carbons (Fsp3) is 0.429. The molecule has 3 heterocycles. The van der Waals surface area contributed by atoms with Crippen LogP contribution >= 0.6 is 24.0 Å². The number of fused-ring (bicyclic) bond motifs is 1. The Hall–Kier alpha value is -2.23. The number of amides is 1. The Kier molecular flexibility index (Phi) is 7.27. The second-order valence-electron chi connectivity index (χ2n) is 7.52. The number of hydrogen-bond donors (Lipinski definition) is 1. The minimum absolute atomic E-state index is 0.190. The van der Waals surface area contributed by atoms with Crippen LogP contribution in [0.25, 0.3) is 11.7 Å². The highest BCUT2D eigenvalue weighted by Crippen LogP contribution is 2.33. The van der Waals surface area contributed by atoms with Crippen molar-refractivity contribution in [1.29, 1.82) is 0 Å². The number of thioether (sulfide) groups is 1. The summed E-state index contributed by atoms with van der Waals surface area (Å²) in [4.78, 5) is 32.8. The van der Waals surface area contributed by atoms with Crippen LogP contribution in [-0.2, 0) is 9.53 Å². The lowest BCUT2D eigenvalue weighted by molar-refractivity contribution is -0.122. The fourth-order valence-electron chi connectivity index (χ4n) is 3.07. The van der Waals surface area contributed by atoms with Crippen LogP contribution in [0.3, 0.4) is 0 Å². The van der Waals surface area contributed by atoms with Gasteiger partial charge >= 0.3 is 0 Å². The Bertz CT molecular complexity index is 1060. The van der Waals surface area contributed by atoms with Crippen molar-refractivity contribution in [2.75, 3.05) is 32.1 Å². The first-order valence-corrected chi connectivity index (χ1v) is 11.1. The highest BCUT2D eigenvalue weighted by molar-refractivity contribution is 8.26. The van der Waals surface area contributed by atoms with Gasteiger partial charge in [-0.25, -0.2) is 4.98 Å². The van der Waals surface area contributed by atoms with Gasteiger partial charge in [0.25, 0.3) is 11.5 Å². The number of nitrogens with one attached hydrogen (secondary N) is 1. The molecule has 1 N–H and O–H groups in total. The van der Waals surface area contributed by atoms with E-state index in [9.17, 15) is 9.59 Å². The highest BCUT2D eigenvalue weighted by Gasteiger charge is 2.32. The van der Waals surface area contributed by atoms with Crippen molar-refractivity contribution < 1.29 is 9.53 Å². The van der Waals surface area contributed by atoms with Gasteiger partial charge in [-0.3, -0.25) is 18.9 Å². The van der Waals surface area contributed by atoms with Gasteiger partial charge in [-0.1, -0.05) is 43.9 Å². The Morgan fingerprint density at radius 3 is 2.83 bits per heavy atom. The number of carbonyl (C=O) groups is 1. The molecule has 2 aromatic rings. The predicted octanol–water partition coefficient (Wildman–Crippen LogP) is 3.31. The van der Waals surface area contributed by atoms with Crippen LogP contribution in [0.4, 0.5) is 5.82 Å². The largest absolute Gasteiger partial charge is 0.385 e. The number of ether oxygens (including phenoxy) is 1. The smallest absolute Gasteiger partial charge is 0.267 e. The van der Waals surface area contributed by atoms with Crippen molar-refractivity contribution in [3.8, 4) is 0 Å². The number of nitrogens with zero attached hydrogens (tertiary/aromatic N) is 3. The van der Waals surface area contributed by atoms with Gasteiger partial charge in [0, 0.05) is 33.0 Å². The zero-order valence-electron chi connectivity index (χ0n) is 17.6. The van der Waals surface area contributed by atoms with Gasteiger partial charge in [0.1, 0.15) is 15.8 Å². The second-order valence-corrected chi connectivity index (χ2v) is 9.19. The molecule has 1 aliphatic rings. The van der Waals surface area contributed by atoms with Crippen LogP contribution in [-0.4, -0.2) is 51.3 Å². The van der Waals surface area contributed by atoms with Crippen molar-refractivity contribution in [3.63, 3.8) is 0 Å². The molecule has 0 aliphatic carbocycles. The average molecular weight is 447 g/mol. The summed E-state index contributed by atoms with van der Waals surface area (Å²) >= 11 is 6.59. The zero-order chi connectivity index (χ0) is 21.8. The second kappa shape index (κ2) is 9.72. The molecule has 3 rings (SSSR count). The first-order valence-electron chi connectivity index (χ1n) is 9.83. The van der Waals surface area contributed by atoms with E-state index in [1.165, 1.54) is 16.2 Å². The number of pyridine rings is 1. The molecule has 0 unspecified atom stereocenters. The van der Waals surface area contributed by atoms with Crippen molar-refractivity contribution in [3.05, 3.63) is 44.7 Å². The first kappa shape index (κ1) is 22.5. The molecule has 0 bridgehead atoms. The topological polar surface area (TPSA) is 75.9 Å². The van der Waals surface area contributed by atoms with E-state index in [1.807, 2.05) is 19.1 Å². The summed E-state index contributed by atoms with van der Waals surface area (Å²) in [5.41, 5.74) is 1.63. The third-order valence-corrected chi connectivity index (χ3v) is 6.02. The van der Waals surface area contributed by atoms with Crippen LogP contribution in [0, 0.1) is 12.8 Å². The van der Waals surface area contributed by atoms with Gasteiger partial charge in [0.05, 0.1) is 10.5 Å². The standard InChI is InChI=1S/C21H26N4O3S2/c1-13(2)12-22-17-15(19(26)24-8-5-7-14(3)18(24)23-17)11-16-20(27)25(21(29)30-16)9-6-10-28-4/h5,7-8,11,13,22H,6,9-10,12H2,1-4H3/b16-11-. The Morgan fingerprint density at radius 2 is 2.13 bits per heavy atom. The summed E-state index contributed by atoms with van der Waals surface area (Å²) in [5, 5.41) is 3.27. The molecule has 30 heavy (non-hydrogen) atoms. The van der Waals surface area contributed by atoms with Gasteiger partial charge in [0.2, 0.25) is 0 Å². The van der Waals surface area contributed by atoms with Crippen molar-refractivity contribution in [1.82, 2.24) is 14.3 Å². The van der Waals surface area contributed by atoms with E-state index in [2.05, 4.69) is 19.2 Å². The molecular weight excluding hydrogens is 420 g/mol. The molecule has 0 radical (unpaired) electrons. The average Bonchev–Trinajstić information content (AvgIpc) is 2.97. The molecule has 1 fully saturated rings. The van der Waals surface area contributed by atoms with Gasteiger partial charge in [-0.05, 0) is 37.0 Å². The molecule has 0 spiro atoms. The number of thiocarbonyl (C=S) groups is 1. The van der Waals surface area contributed by atoms with E-state index in [0.29, 0.717) is 58.3 Å². The number of aryl methyl sites for hydroxylation is 1. The van der Waals surface area contributed by atoms with Gasteiger partial charge in [0.15, 0.2) is 0 Å². The zero-order valence-corrected chi connectivity index (χ0v) is 19.2. The molecule has 2 aromatic heterocycles. The normalized spacial score (nSPS) is 15.8. The minimum Gasteiger partial charge on any atom is -0.385 e. The van der Waals surface area contributed by atoms with Crippen molar-refractivity contribution >= 4 is 51.7 Å². The number of anilines is 1. The Balaban J connectivity index is 2.05. The van der Waals surface area contributed by atoms with Gasteiger partial charge < -0.3 is 10.1 Å². The monoisotopic (exact) mass is 446 g/mol. The summed E-state index contributed by atoms with van der Waals surface area (Å²) < 4.78 is 7.06. The molecule has 9 heteroatoms. The summed E-state index contributed by atoms with van der Waals surface area (Å²) in [5.74, 6) is 0.659. The van der Waals surface area contributed by atoms with E-state index in [1.54, 1.807) is 24.3 Å². The maximum atomic E-state index is 13.3. The number of hydrogen-bond acceptors (Lipinski definition) is 7. The lowest BCUT2D eigenvalue weighted by atomic mass is 10.2. The van der Waals surface area contributed by atoms with Crippen LogP contribution in [0.15, 0.2) is 28.0 Å². The summed E-state index contributed by atoms with van der Waals surface area (Å²) in [6.07, 6.45) is 4.00. The van der Waals surface area contributed by atoms with Gasteiger partial charge in [-0.2, -0.15) is 0 Å². The molecule has 0 saturated carbocycles. The number of aromatic nitrogens is 2. The SMILES string of the molecule is COCCCN1C(=O)/C(=C/c2c(NCC(C)C)nc3c(C)cccn3c2=O)SC1=S. The Labute approximate surface area is 185 Å². The van der Waals surface area contributed by atoms with Crippen LogP contribution < -0.4 is 10.9 Å². The number of methoxy groups -OCH3 is 1. The molecule has 160 valence electrons. The maximum Gasteiger partial charge on any atom is 0.267 e. The van der Waals surface area contributed by atoms with Crippen LogP contribution in [0.1, 0.15) is 31.4 Å². The number of rotatable bonds is 8. The van der Waals surface area contributed by atoms with E-state index < -0.39 is 0 Å². The predicted molar refractivity (Wildman–Crippen MR) is 126 cm³/mol. The first-order chi connectivity index (χ1) is 14.3. The molecule has 1 aliphatic heterocycles. The Morgan fingerprint density at radius 1 is 1.37 bits per heavy atom. The summed E-state index contributed by atoms with van der Waals surface area (Å²) in [6.45, 7) is 7.77. The molecule has 7 nitrogen and oxygen atoms in total. The summed E-state index contributed by atoms with van der Waals surface area (Å²) in [6, 6.07) is 3.73. The molecule has 0 aromatic carbocycles. The summed E-state index contributed by atoms with van der Waals surface area (Å²) in [7, 11) is 1.62. The molecule has 1 amide bonds. The quantitative estimate of drug-likeness (QED) is 0.379. The number of carbonyl (C=O) groups excluding carboxylic acids is 1. The van der Waals surface area contributed by atoms with E-state index >= 15 is 0 Å². The highest BCUT2D eigenvalue weighted by atomic mass is 32.2. The van der Waals surface area contributed by atoms with E-state index in [4.69, 9.17) is 21.9 Å². The molecule has 1 saturated heterocycles. The lowest BCUT2D eigenvalue weighted by Crippen LogP contribution is -2.29. The fourth-order valence-corrected chi connectivity index (χ4v) is 4.36. The van der Waals surface area contributed by atoms with Crippen LogP contribution in [0.2, 0.25) is 0 Å². The van der Waals surface area contributed by atoms with E-state index in [-0.39, 0.29) is 11.5 Å².